The van der Waals surface area contributed by atoms with Crippen LogP contribution in [0.1, 0.15) is 92.0 Å². The fourth-order valence-corrected chi connectivity index (χ4v) is 7.91. The van der Waals surface area contributed by atoms with Gasteiger partial charge in [0.25, 0.3) is 0 Å². The number of aromatic nitrogens is 1. The molecule has 18 heteroatoms. The molecule has 0 spiro atoms. The quantitative estimate of drug-likeness (QED) is 0.0516. The van der Waals surface area contributed by atoms with Gasteiger partial charge in [0, 0.05) is 35.3 Å². The number of ketones is 2. The number of rotatable bonds is 15. The minimum absolute atomic E-state index is 0.0220. The molecule has 65 heavy (non-hydrogen) atoms. The van der Waals surface area contributed by atoms with E-state index in [4.69, 9.17) is 37.3 Å². The van der Waals surface area contributed by atoms with E-state index in [2.05, 4.69) is 95.3 Å². The number of oxazole rings is 1. The summed E-state index contributed by atoms with van der Waals surface area (Å²) in [7, 11) is -2.16. The summed E-state index contributed by atoms with van der Waals surface area (Å²) in [5.74, 6) is 0.833. The molecule has 0 aliphatic heterocycles. The van der Waals surface area contributed by atoms with Crippen LogP contribution in [0.2, 0.25) is 28.2 Å². The van der Waals surface area contributed by atoms with E-state index in [0.29, 0.717) is 55.3 Å². The van der Waals surface area contributed by atoms with Gasteiger partial charge in [0.1, 0.15) is 24.2 Å². The van der Waals surface area contributed by atoms with E-state index in [1.54, 1.807) is 49.5 Å². The van der Waals surface area contributed by atoms with E-state index in [1.165, 1.54) is 0 Å². The van der Waals surface area contributed by atoms with Gasteiger partial charge in [-0.15, -0.1) is 0 Å². The van der Waals surface area contributed by atoms with Gasteiger partial charge in [0.15, 0.2) is 25.6 Å². The number of nitrogens with zero attached hydrogens (tertiary/aromatic N) is 3. The zero-order valence-corrected chi connectivity index (χ0v) is 43.2. The Morgan fingerprint density at radius 2 is 1.31 bits per heavy atom. The van der Waals surface area contributed by atoms with Crippen LogP contribution in [-0.2, 0) is 13.8 Å². The molecule has 0 fully saturated rings. The lowest BCUT2D eigenvalue weighted by molar-refractivity contribution is -0.121. The SMILES string of the molecule is Cc1c(N[C@@H](C(=O)CCC(=O)c2ccccc2)[C@H](C)O[Si](C)(C)C(C)(C)C)ccc(C#N)c1Cl.Cc1c(N[C@@H](c2ncc(-c3ccccc3)o2)[C@H](C)O)ccc(C#N)c1Cl.O=P(Cl)(Cl)Cl. The predicted octanol–water partition coefficient (Wildman–Crippen LogP) is 14.5. The fourth-order valence-electron chi connectivity index (χ4n) is 6.08. The predicted molar refractivity (Wildman–Crippen MR) is 267 cm³/mol. The Bertz CT molecular complexity index is 2530. The molecule has 346 valence electrons. The summed E-state index contributed by atoms with van der Waals surface area (Å²) in [6.07, 6.45) is 0.682. The third-order valence-corrected chi connectivity index (χ3v) is 16.3. The molecule has 0 aliphatic carbocycles. The van der Waals surface area contributed by atoms with Crippen molar-refractivity contribution in [1.82, 2.24) is 4.98 Å². The molecule has 11 nitrogen and oxygen atoms in total. The zero-order chi connectivity index (χ0) is 48.9. The maximum atomic E-state index is 13.4. The van der Waals surface area contributed by atoms with Crippen LogP contribution in [0.5, 0.6) is 0 Å². The van der Waals surface area contributed by atoms with Crippen molar-refractivity contribution < 1.29 is 28.1 Å². The van der Waals surface area contributed by atoms with Gasteiger partial charge in [-0.3, -0.25) is 14.2 Å². The molecule has 1 aromatic heterocycles. The minimum atomic E-state index is -3.22. The number of anilines is 2. The number of aliphatic hydroxyl groups is 1. The Hall–Kier alpha value is -4.17. The first-order chi connectivity index (χ1) is 30.3. The Morgan fingerprint density at radius 1 is 0.831 bits per heavy atom. The molecule has 4 atom stereocenters. The van der Waals surface area contributed by atoms with E-state index in [9.17, 15) is 24.5 Å². The number of carbonyl (C=O) groups is 2. The Labute approximate surface area is 407 Å². The summed E-state index contributed by atoms with van der Waals surface area (Å²) in [6.45, 7) is 17.9. The highest BCUT2D eigenvalue weighted by molar-refractivity contribution is 8.24. The van der Waals surface area contributed by atoms with E-state index in [1.807, 2.05) is 69.3 Å². The number of hydrogen-bond acceptors (Lipinski definition) is 11. The van der Waals surface area contributed by atoms with Crippen LogP contribution in [0.4, 0.5) is 11.4 Å². The van der Waals surface area contributed by atoms with Crippen molar-refractivity contribution in [3.05, 3.63) is 135 Å². The van der Waals surface area contributed by atoms with Gasteiger partial charge in [-0.05, 0) is 115 Å². The van der Waals surface area contributed by atoms with Crippen LogP contribution >= 0.6 is 62.1 Å². The van der Waals surface area contributed by atoms with Crippen LogP contribution in [0.25, 0.3) is 11.3 Å². The number of aliphatic hydroxyl groups excluding tert-OH is 1. The van der Waals surface area contributed by atoms with Crippen molar-refractivity contribution >= 4 is 93.4 Å². The maximum absolute atomic E-state index is 13.4. The first-order valence-corrected chi connectivity index (χ1v) is 28.5. The van der Waals surface area contributed by atoms with Gasteiger partial charge in [-0.2, -0.15) is 10.5 Å². The molecule has 4 aromatic carbocycles. The number of hydrogen-bond donors (Lipinski definition) is 3. The number of carbonyl (C=O) groups excluding carboxylic acids is 2. The van der Waals surface area contributed by atoms with Gasteiger partial charge < -0.3 is 24.6 Å². The smallest absolute Gasteiger partial charge is 0.339 e. The molecule has 0 aliphatic rings. The van der Waals surface area contributed by atoms with Crippen LogP contribution in [0, 0.1) is 36.5 Å². The summed E-state index contributed by atoms with van der Waals surface area (Å²) in [5.41, 5.74) is 5.09. The molecular formula is C47H53Cl5N5O6PSi. The summed E-state index contributed by atoms with van der Waals surface area (Å²) in [6, 6.07) is 28.3. The lowest BCUT2D eigenvalue weighted by Gasteiger charge is -2.40. The topological polar surface area (TPSA) is 178 Å². The Morgan fingerprint density at radius 3 is 1.77 bits per heavy atom. The van der Waals surface area contributed by atoms with E-state index >= 15 is 0 Å². The van der Waals surface area contributed by atoms with Gasteiger partial charge in [-0.25, -0.2) is 4.98 Å². The number of nitriles is 2. The van der Waals surface area contributed by atoms with Gasteiger partial charge in [-0.1, -0.05) is 105 Å². The van der Waals surface area contributed by atoms with Crippen LogP contribution in [-0.4, -0.2) is 48.2 Å². The standard InChI is InChI=1S/C27H35ClN2O3Si.C20H18ClN3O2.Cl3OP/c1-18-22(14-13-21(17-29)25(18)28)30-26(19(2)33-34(6,7)27(3,4)5)24(32)16-15-23(31)20-11-9-8-10-12-20;1-12-16(9-8-15(10-22)18(12)21)24-19(13(2)25)20-23-11-17(26-20)14-6-4-3-5-7-14;1-5(2,3)4/h8-14,19,26,30H,15-16H2,1-7H3;3-9,11,13,19,24-25H,1-2H3;/t19-,26+;13-,19+;/m00./s1. The fraction of sp³-hybridized carbons (Fsp3) is 0.340. The van der Waals surface area contributed by atoms with Crippen molar-refractivity contribution in [2.45, 2.75) is 104 Å². The van der Waals surface area contributed by atoms with Crippen molar-refractivity contribution in [3.8, 4) is 23.5 Å². The van der Waals surface area contributed by atoms with Gasteiger partial charge in [0.2, 0.25) is 5.89 Å². The molecule has 0 unspecified atom stereocenters. The van der Waals surface area contributed by atoms with E-state index in [0.717, 1.165) is 11.1 Å². The van der Waals surface area contributed by atoms with Crippen molar-refractivity contribution in [2.24, 2.45) is 0 Å². The molecule has 0 saturated heterocycles. The van der Waals surface area contributed by atoms with E-state index in [-0.39, 0.29) is 29.4 Å². The molecule has 0 bridgehead atoms. The highest BCUT2D eigenvalue weighted by Gasteiger charge is 2.41. The maximum Gasteiger partial charge on any atom is 0.339 e. The average Bonchev–Trinajstić information content (AvgIpc) is 3.73. The molecule has 5 aromatic rings. The minimum Gasteiger partial charge on any atom is -0.438 e. The van der Waals surface area contributed by atoms with Crippen LogP contribution in [0.15, 0.2) is 95.5 Å². The lowest BCUT2D eigenvalue weighted by Crippen LogP contribution is -2.50. The van der Waals surface area contributed by atoms with Crippen LogP contribution < -0.4 is 10.6 Å². The second-order valence-electron chi connectivity index (χ2n) is 16.6. The third-order valence-electron chi connectivity index (χ3n) is 10.8. The molecule has 1 heterocycles. The molecule has 3 N–H and O–H groups in total. The van der Waals surface area contributed by atoms with Gasteiger partial charge >= 0.3 is 5.20 Å². The summed E-state index contributed by atoms with van der Waals surface area (Å²) < 4.78 is 21.9. The number of benzene rings is 4. The first-order valence-electron chi connectivity index (χ1n) is 20.4. The number of nitrogens with one attached hydrogen (secondary N) is 2. The Balaban J connectivity index is 0.000000321. The monoisotopic (exact) mass is 1020 g/mol. The van der Waals surface area contributed by atoms with Crippen molar-refractivity contribution in [2.75, 3.05) is 10.6 Å². The first kappa shape index (κ1) is 55.2. The molecule has 0 amide bonds. The van der Waals surface area contributed by atoms with Crippen molar-refractivity contribution in [3.63, 3.8) is 0 Å². The summed E-state index contributed by atoms with van der Waals surface area (Å²) in [4.78, 5) is 30.3. The van der Waals surface area contributed by atoms with Gasteiger partial charge in [0.05, 0.1) is 39.6 Å². The Kier molecular flexibility index (Phi) is 20.8. The summed E-state index contributed by atoms with van der Waals surface area (Å²) in [5, 5.41) is 32.6. The molecular weight excluding hydrogens is 967 g/mol. The second kappa shape index (κ2) is 24.6. The van der Waals surface area contributed by atoms with Crippen molar-refractivity contribution in [1.29, 1.82) is 10.5 Å². The highest BCUT2D eigenvalue weighted by atomic mass is 36.0. The third kappa shape index (κ3) is 16.6. The average molecular weight is 1020 g/mol. The molecule has 5 rings (SSSR count). The lowest BCUT2D eigenvalue weighted by atomic mass is 9.98. The second-order valence-corrected chi connectivity index (χ2v) is 28.7. The molecule has 0 radical (unpaired) electrons. The summed E-state index contributed by atoms with van der Waals surface area (Å²) >= 11 is 26.4. The number of Topliss-reactive ketones (excluding diaryl/α,β-unsaturated/α-hetero) is 2. The zero-order valence-electron chi connectivity index (χ0n) is 37.6. The highest BCUT2D eigenvalue weighted by Crippen LogP contribution is 2.61. The van der Waals surface area contributed by atoms with Crippen LogP contribution in [0.3, 0.4) is 0 Å². The number of halogens is 5. The molecule has 0 saturated carbocycles. The van der Waals surface area contributed by atoms with E-state index < -0.39 is 37.8 Å². The largest absolute Gasteiger partial charge is 0.438 e. The normalized spacial score (nSPS) is 13.2.